The molecule has 1 saturated carbocycles. The minimum atomic E-state index is -0.104. The van der Waals surface area contributed by atoms with E-state index in [0.717, 1.165) is 17.7 Å². The second kappa shape index (κ2) is 9.42. The van der Waals surface area contributed by atoms with E-state index in [1.54, 1.807) is 12.1 Å². The van der Waals surface area contributed by atoms with Crippen LogP contribution in [-0.4, -0.2) is 31.1 Å². The van der Waals surface area contributed by atoms with Crippen LogP contribution >= 0.6 is 0 Å². The number of amides is 2. The average Bonchev–Trinajstić information content (AvgIpc) is 2.54. The largest absolute Gasteiger partial charge is 0.376 e. The molecule has 24 heavy (non-hydrogen) atoms. The molecule has 0 spiro atoms. The summed E-state index contributed by atoms with van der Waals surface area (Å²) in [6.45, 7) is 4.83. The lowest BCUT2D eigenvalue weighted by Crippen LogP contribution is -2.32. The van der Waals surface area contributed by atoms with Crippen LogP contribution in [0.3, 0.4) is 0 Å². The molecule has 5 nitrogen and oxygen atoms in total. The minimum absolute atomic E-state index is 0.0115. The maximum atomic E-state index is 12.0. The molecule has 1 aliphatic carbocycles. The molecular weight excluding hydrogens is 304 g/mol. The molecule has 132 valence electrons. The maximum Gasteiger partial charge on any atom is 0.224 e. The summed E-state index contributed by atoms with van der Waals surface area (Å²) in [5.41, 5.74) is 1.66. The number of anilines is 1. The predicted molar refractivity (Wildman–Crippen MR) is 94.8 cm³/mol. The third-order valence-corrected chi connectivity index (χ3v) is 4.43. The Morgan fingerprint density at radius 2 is 1.88 bits per heavy atom. The Morgan fingerprint density at radius 3 is 2.54 bits per heavy atom. The lowest BCUT2D eigenvalue weighted by atomic mass is 9.88. The molecule has 2 atom stereocenters. The van der Waals surface area contributed by atoms with Gasteiger partial charge in [0, 0.05) is 19.2 Å². The van der Waals surface area contributed by atoms with Crippen LogP contribution in [0, 0.1) is 5.92 Å². The van der Waals surface area contributed by atoms with Crippen molar-refractivity contribution in [1.29, 1.82) is 0 Å². The molecule has 2 N–H and O–H groups in total. The first kappa shape index (κ1) is 18.5. The fourth-order valence-electron chi connectivity index (χ4n) is 3.09. The van der Waals surface area contributed by atoms with Gasteiger partial charge in [-0.2, -0.15) is 0 Å². The van der Waals surface area contributed by atoms with E-state index in [-0.39, 0.29) is 11.8 Å². The van der Waals surface area contributed by atoms with E-state index in [4.69, 9.17) is 4.74 Å². The lowest BCUT2D eigenvalue weighted by Gasteiger charge is -2.28. The van der Waals surface area contributed by atoms with Gasteiger partial charge < -0.3 is 15.4 Å². The Balaban J connectivity index is 1.65. The Labute approximate surface area is 144 Å². The monoisotopic (exact) mass is 332 g/mol. The van der Waals surface area contributed by atoms with Crippen molar-refractivity contribution in [3.63, 3.8) is 0 Å². The molecule has 0 radical (unpaired) electrons. The van der Waals surface area contributed by atoms with Crippen molar-refractivity contribution in [2.75, 3.05) is 18.5 Å². The number of carbonyl (C=O) groups excluding carboxylic acids is 2. The van der Waals surface area contributed by atoms with Gasteiger partial charge in [0.05, 0.1) is 19.1 Å². The maximum absolute atomic E-state index is 12.0. The van der Waals surface area contributed by atoms with Crippen molar-refractivity contribution in [3.8, 4) is 0 Å². The number of carbonyl (C=O) groups is 2. The molecule has 5 heteroatoms. The van der Waals surface area contributed by atoms with E-state index < -0.39 is 0 Å². The molecule has 2 rings (SSSR count). The fourth-order valence-corrected chi connectivity index (χ4v) is 3.09. The standard InChI is InChI=1S/C19H28N2O3/c1-14-5-3-4-6-18(14)24-12-11-20-19(23)13-16-7-9-17(10-8-16)21-15(2)22/h7-10,14,18H,3-6,11-13H2,1-2H3,(H,20,23)(H,21,22)/t14-,18+/m0/s1. The van der Waals surface area contributed by atoms with Gasteiger partial charge in [-0.3, -0.25) is 9.59 Å². The van der Waals surface area contributed by atoms with Crippen LogP contribution in [-0.2, 0) is 20.7 Å². The van der Waals surface area contributed by atoms with Crippen LogP contribution in [0.4, 0.5) is 5.69 Å². The Hall–Kier alpha value is -1.88. The highest BCUT2D eigenvalue weighted by Gasteiger charge is 2.21. The minimum Gasteiger partial charge on any atom is -0.376 e. The predicted octanol–water partition coefficient (Wildman–Crippen LogP) is 2.90. The summed E-state index contributed by atoms with van der Waals surface area (Å²) in [6, 6.07) is 7.31. The van der Waals surface area contributed by atoms with Gasteiger partial charge in [-0.05, 0) is 36.5 Å². The quantitative estimate of drug-likeness (QED) is 0.755. The van der Waals surface area contributed by atoms with E-state index in [1.165, 1.54) is 26.2 Å². The number of ether oxygens (including phenoxy) is 1. The summed E-state index contributed by atoms with van der Waals surface area (Å²) >= 11 is 0. The van der Waals surface area contributed by atoms with E-state index in [9.17, 15) is 9.59 Å². The van der Waals surface area contributed by atoms with Crippen molar-refractivity contribution in [3.05, 3.63) is 29.8 Å². The Morgan fingerprint density at radius 1 is 1.17 bits per heavy atom. The molecule has 1 aromatic carbocycles. The number of nitrogens with one attached hydrogen (secondary N) is 2. The topological polar surface area (TPSA) is 67.4 Å². The van der Waals surface area contributed by atoms with Gasteiger partial charge >= 0.3 is 0 Å². The molecule has 1 aromatic rings. The lowest BCUT2D eigenvalue weighted by molar-refractivity contribution is -0.121. The normalized spacial score (nSPS) is 20.4. The van der Waals surface area contributed by atoms with E-state index >= 15 is 0 Å². The SMILES string of the molecule is CC(=O)Nc1ccc(CC(=O)NCCO[C@@H]2CCCC[C@@H]2C)cc1. The van der Waals surface area contributed by atoms with Crippen LogP contribution in [0.15, 0.2) is 24.3 Å². The zero-order chi connectivity index (χ0) is 17.4. The third-order valence-electron chi connectivity index (χ3n) is 4.43. The summed E-state index contributed by atoms with van der Waals surface area (Å²) in [6.07, 6.45) is 5.60. The first-order chi connectivity index (χ1) is 11.5. The van der Waals surface area contributed by atoms with Crippen molar-refractivity contribution in [2.45, 2.75) is 52.1 Å². The molecule has 0 saturated heterocycles. The molecule has 0 aromatic heterocycles. The third kappa shape index (κ3) is 6.32. The molecule has 0 unspecified atom stereocenters. The number of hydrogen-bond acceptors (Lipinski definition) is 3. The number of hydrogen-bond donors (Lipinski definition) is 2. The highest BCUT2D eigenvalue weighted by Crippen LogP contribution is 2.25. The molecule has 2 amide bonds. The number of benzene rings is 1. The smallest absolute Gasteiger partial charge is 0.224 e. The van der Waals surface area contributed by atoms with Gasteiger partial charge in [0.25, 0.3) is 0 Å². The van der Waals surface area contributed by atoms with Gasteiger partial charge in [0.2, 0.25) is 11.8 Å². The summed E-state index contributed by atoms with van der Waals surface area (Å²) in [4.78, 5) is 22.9. The Kier molecular flexibility index (Phi) is 7.25. The van der Waals surface area contributed by atoms with Crippen molar-refractivity contribution >= 4 is 17.5 Å². The average molecular weight is 332 g/mol. The molecule has 1 fully saturated rings. The first-order valence-electron chi connectivity index (χ1n) is 8.79. The van der Waals surface area contributed by atoms with E-state index in [1.807, 2.05) is 12.1 Å². The molecule has 0 bridgehead atoms. The fraction of sp³-hybridized carbons (Fsp3) is 0.579. The second-order valence-electron chi connectivity index (χ2n) is 6.58. The second-order valence-corrected chi connectivity index (χ2v) is 6.58. The number of rotatable bonds is 7. The van der Waals surface area contributed by atoms with Crippen LogP contribution in [0.5, 0.6) is 0 Å². The van der Waals surface area contributed by atoms with E-state index in [2.05, 4.69) is 17.6 Å². The van der Waals surface area contributed by atoms with Gasteiger partial charge in [0.15, 0.2) is 0 Å². The van der Waals surface area contributed by atoms with Crippen LogP contribution in [0.2, 0.25) is 0 Å². The van der Waals surface area contributed by atoms with Crippen LogP contribution in [0.1, 0.15) is 45.1 Å². The summed E-state index contributed by atoms with van der Waals surface area (Å²) in [5, 5.41) is 5.60. The van der Waals surface area contributed by atoms with Crippen LogP contribution < -0.4 is 10.6 Å². The summed E-state index contributed by atoms with van der Waals surface area (Å²) in [7, 11) is 0. The highest BCUT2D eigenvalue weighted by atomic mass is 16.5. The highest BCUT2D eigenvalue weighted by molar-refractivity contribution is 5.88. The summed E-state index contributed by atoms with van der Waals surface area (Å²) in [5.74, 6) is 0.506. The van der Waals surface area contributed by atoms with Crippen molar-refractivity contribution in [2.24, 2.45) is 5.92 Å². The molecule has 0 heterocycles. The molecular formula is C19H28N2O3. The van der Waals surface area contributed by atoms with Crippen molar-refractivity contribution in [1.82, 2.24) is 5.32 Å². The molecule has 0 aliphatic heterocycles. The van der Waals surface area contributed by atoms with E-state index in [0.29, 0.717) is 31.6 Å². The van der Waals surface area contributed by atoms with Gasteiger partial charge in [0.1, 0.15) is 0 Å². The van der Waals surface area contributed by atoms with Gasteiger partial charge in [-0.25, -0.2) is 0 Å². The zero-order valence-corrected chi connectivity index (χ0v) is 14.6. The molecule has 1 aliphatic rings. The first-order valence-corrected chi connectivity index (χ1v) is 8.79. The zero-order valence-electron chi connectivity index (χ0n) is 14.6. The van der Waals surface area contributed by atoms with Crippen molar-refractivity contribution < 1.29 is 14.3 Å². The summed E-state index contributed by atoms with van der Waals surface area (Å²) < 4.78 is 5.89. The Bertz CT molecular complexity index is 542. The van der Waals surface area contributed by atoms with Gasteiger partial charge in [-0.1, -0.05) is 31.9 Å². The van der Waals surface area contributed by atoms with Gasteiger partial charge in [-0.15, -0.1) is 0 Å². The van der Waals surface area contributed by atoms with Crippen LogP contribution in [0.25, 0.3) is 0 Å².